The van der Waals surface area contributed by atoms with E-state index in [1.54, 1.807) is 0 Å². The zero-order valence-electron chi connectivity index (χ0n) is 13.2. The minimum Gasteiger partial charge on any atom is -0.461 e. The van der Waals surface area contributed by atoms with E-state index in [1.807, 2.05) is 6.92 Å². The Morgan fingerprint density at radius 2 is 2.13 bits per heavy atom. The number of esters is 2. The van der Waals surface area contributed by atoms with Crippen molar-refractivity contribution in [1.82, 2.24) is 0 Å². The second-order valence-electron chi connectivity index (χ2n) is 7.27. The molecule has 2 saturated carbocycles. The monoisotopic (exact) mass is 320 g/mol. The van der Waals surface area contributed by atoms with E-state index >= 15 is 0 Å². The molecule has 2 aliphatic heterocycles. The van der Waals surface area contributed by atoms with E-state index in [2.05, 4.69) is 13.2 Å². The number of epoxide rings is 1. The lowest BCUT2D eigenvalue weighted by Crippen LogP contribution is -2.49. The predicted octanol–water partition coefficient (Wildman–Crippen LogP) is 0.884. The maximum absolute atomic E-state index is 12.1. The quantitative estimate of drug-likeness (QED) is 0.334. The molecule has 4 rings (SSSR count). The van der Waals surface area contributed by atoms with Crippen molar-refractivity contribution in [1.29, 1.82) is 0 Å². The molecule has 6 nitrogen and oxygen atoms in total. The largest absolute Gasteiger partial charge is 0.461 e. The fraction of sp³-hybridized carbons (Fsp3) is 0.647. The summed E-state index contributed by atoms with van der Waals surface area (Å²) in [6.45, 7) is 11.1. The first-order valence-electron chi connectivity index (χ1n) is 7.84. The van der Waals surface area contributed by atoms with Gasteiger partial charge in [-0.25, -0.2) is 4.79 Å². The molecule has 1 N–H and O–H groups in total. The first kappa shape index (κ1) is 14.9. The van der Waals surface area contributed by atoms with Crippen molar-refractivity contribution in [3.8, 4) is 0 Å². The molecule has 2 aliphatic carbocycles. The Morgan fingerprint density at radius 3 is 2.78 bits per heavy atom. The molecule has 6 heteroatoms. The summed E-state index contributed by atoms with van der Waals surface area (Å²) in [6.07, 6.45) is -0.590. The molecule has 124 valence electrons. The van der Waals surface area contributed by atoms with Gasteiger partial charge in [0.1, 0.15) is 17.8 Å². The molecule has 7 atom stereocenters. The predicted molar refractivity (Wildman–Crippen MR) is 78.2 cm³/mol. The normalized spacial score (nSPS) is 50.6. The summed E-state index contributed by atoms with van der Waals surface area (Å²) in [5.41, 5.74) is -0.841. The number of hydrogen-bond acceptors (Lipinski definition) is 6. The molecule has 23 heavy (non-hydrogen) atoms. The lowest BCUT2D eigenvalue weighted by atomic mass is 9.75. The van der Waals surface area contributed by atoms with Crippen LogP contribution >= 0.6 is 0 Å². The van der Waals surface area contributed by atoms with E-state index in [9.17, 15) is 14.7 Å². The van der Waals surface area contributed by atoms with Crippen molar-refractivity contribution in [2.24, 2.45) is 11.8 Å². The molecule has 0 unspecified atom stereocenters. The first-order valence-corrected chi connectivity index (χ1v) is 7.84. The highest BCUT2D eigenvalue weighted by Crippen LogP contribution is 2.65. The smallest absolute Gasteiger partial charge is 0.334 e. The van der Waals surface area contributed by atoms with Crippen LogP contribution in [0.4, 0.5) is 0 Å². The summed E-state index contributed by atoms with van der Waals surface area (Å²) in [6, 6.07) is 0. The minimum absolute atomic E-state index is 0.0623. The van der Waals surface area contributed by atoms with Crippen LogP contribution in [0.25, 0.3) is 0 Å². The van der Waals surface area contributed by atoms with E-state index in [0.717, 1.165) is 0 Å². The molecule has 2 heterocycles. The number of hydrogen-bond donors (Lipinski definition) is 1. The summed E-state index contributed by atoms with van der Waals surface area (Å²) in [5.74, 6) is -1.86. The van der Waals surface area contributed by atoms with Gasteiger partial charge in [0.25, 0.3) is 0 Å². The maximum Gasteiger partial charge on any atom is 0.334 e. The Labute approximate surface area is 134 Å². The zero-order valence-corrected chi connectivity index (χ0v) is 13.2. The van der Waals surface area contributed by atoms with Crippen LogP contribution in [0, 0.1) is 11.8 Å². The SMILES string of the molecule is C=C1C(=O)O[C@H]2[C@H]1[C@@H](OC(C)=O)CC(=C)[C@]1(O)C[C@H]3O[C@@]3(C)[C@H]21. The number of rotatable bonds is 1. The van der Waals surface area contributed by atoms with Crippen molar-refractivity contribution in [3.63, 3.8) is 0 Å². The molecule has 0 aromatic rings. The van der Waals surface area contributed by atoms with Gasteiger partial charge < -0.3 is 19.3 Å². The Bertz CT molecular complexity index is 653. The van der Waals surface area contributed by atoms with E-state index in [-0.39, 0.29) is 18.1 Å². The van der Waals surface area contributed by atoms with Crippen LogP contribution in [0.5, 0.6) is 0 Å². The van der Waals surface area contributed by atoms with Crippen LogP contribution in [0.15, 0.2) is 24.3 Å². The lowest BCUT2D eigenvalue weighted by Gasteiger charge is -2.37. The zero-order chi connectivity index (χ0) is 16.7. The molecule has 0 bridgehead atoms. The number of fused-ring (bicyclic) bond motifs is 5. The third-order valence-electron chi connectivity index (χ3n) is 5.97. The summed E-state index contributed by atoms with van der Waals surface area (Å²) in [5, 5.41) is 11.3. The summed E-state index contributed by atoms with van der Waals surface area (Å²) >= 11 is 0. The fourth-order valence-electron chi connectivity index (χ4n) is 4.83. The van der Waals surface area contributed by atoms with Gasteiger partial charge in [0.2, 0.25) is 0 Å². The molecule has 0 aromatic heterocycles. The molecule has 4 fully saturated rings. The highest BCUT2D eigenvalue weighted by Gasteiger charge is 2.77. The lowest BCUT2D eigenvalue weighted by molar-refractivity contribution is -0.153. The Hall–Kier alpha value is -1.66. The number of carbonyl (C=O) groups is 2. The van der Waals surface area contributed by atoms with Gasteiger partial charge in [-0.2, -0.15) is 0 Å². The Balaban J connectivity index is 1.81. The van der Waals surface area contributed by atoms with Gasteiger partial charge in [0, 0.05) is 25.3 Å². The van der Waals surface area contributed by atoms with E-state index < -0.39 is 47.2 Å². The van der Waals surface area contributed by atoms with Crippen LogP contribution in [0.3, 0.4) is 0 Å². The molecule has 4 aliphatic rings. The molecular formula is C17H20O6. The molecule has 0 spiro atoms. The van der Waals surface area contributed by atoms with Crippen molar-refractivity contribution in [3.05, 3.63) is 24.3 Å². The first-order chi connectivity index (χ1) is 10.7. The van der Waals surface area contributed by atoms with Crippen molar-refractivity contribution in [2.75, 3.05) is 0 Å². The van der Waals surface area contributed by atoms with E-state index in [4.69, 9.17) is 14.2 Å². The second-order valence-corrected chi connectivity index (χ2v) is 7.27. The van der Waals surface area contributed by atoms with Crippen molar-refractivity contribution < 1.29 is 28.9 Å². The van der Waals surface area contributed by atoms with Crippen LogP contribution < -0.4 is 0 Å². The second kappa shape index (κ2) is 4.24. The highest BCUT2D eigenvalue weighted by molar-refractivity contribution is 5.91. The summed E-state index contributed by atoms with van der Waals surface area (Å²) in [4.78, 5) is 23.6. The Morgan fingerprint density at radius 1 is 1.43 bits per heavy atom. The maximum atomic E-state index is 12.1. The average molecular weight is 320 g/mol. The van der Waals surface area contributed by atoms with Crippen LogP contribution in [-0.2, 0) is 23.8 Å². The molecule has 0 aromatic carbocycles. The van der Waals surface area contributed by atoms with E-state index in [1.165, 1.54) is 6.92 Å². The standard InChI is InChI=1S/C17H20O6/c1-7-5-10(21-9(3)18)12-8(2)15(19)22-13(12)14-16(4)11(23-16)6-17(7,14)20/h10-14,20H,1-2,5-6H2,3-4H3/t10-,11+,12+,13-,14-,16+,17+/m0/s1. The van der Waals surface area contributed by atoms with Gasteiger partial charge in [0.15, 0.2) is 0 Å². The van der Waals surface area contributed by atoms with Crippen LogP contribution in [0.1, 0.15) is 26.7 Å². The number of aliphatic hydroxyl groups is 1. The molecular weight excluding hydrogens is 300 g/mol. The van der Waals surface area contributed by atoms with Gasteiger partial charge >= 0.3 is 11.9 Å². The Kier molecular flexibility index (Phi) is 2.75. The van der Waals surface area contributed by atoms with Gasteiger partial charge in [-0.3, -0.25) is 4.79 Å². The minimum atomic E-state index is -1.18. The fourth-order valence-corrected chi connectivity index (χ4v) is 4.83. The van der Waals surface area contributed by atoms with Crippen LogP contribution in [0.2, 0.25) is 0 Å². The summed E-state index contributed by atoms with van der Waals surface area (Å²) in [7, 11) is 0. The third kappa shape index (κ3) is 1.76. The van der Waals surface area contributed by atoms with Gasteiger partial charge in [-0.05, 0) is 12.5 Å². The van der Waals surface area contributed by atoms with Crippen LogP contribution in [-0.4, -0.2) is 46.6 Å². The third-order valence-corrected chi connectivity index (χ3v) is 5.97. The molecule has 2 saturated heterocycles. The topological polar surface area (TPSA) is 85.4 Å². The van der Waals surface area contributed by atoms with Gasteiger partial charge in [-0.15, -0.1) is 0 Å². The summed E-state index contributed by atoms with van der Waals surface area (Å²) < 4.78 is 16.7. The number of carbonyl (C=O) groups excluding carboxylic acids is 2. The molecule has 0 amide bonds. The molecule has 0 radical (unpaired) electrons. The average Bonchev–Trinajstić information content (AvgIpc) is 2.89. The van der Waals surface area contributed by atoms with E-state index in [0.29, 0.717) is 12.0 Å². The van der Waals surface area contributed by atoms with Gasteiger partial charge in [0.05, 0.1) is 23.5 Å². The highest BCUT2D eigenvalue weighted by atomic mass is 16.6. The number of ether oxygens (including phenoxy) is 3. The van der Waals surface area contributed by atoms with Gasteiger partial charge in [-0.1, -0.05) is 13.2 Å². The van der Waals surface area contributed by atoms with Crippen molar-refractivity contribution in [2.45, 2.75) is 56.2 Å². The van der Waals surface area contributed by atoms with Crippen molar-refractivity contribution >= 4 is 11.9 Å².